The molecule has 0 radical (unpaired) electrons. The first-order chi connectivity index (χ1) is 5.82. The summed E-state index contributed by atoms with van der Waals surface area (Å²) in [7, 11) is 0. The highest BCUT2D eigenvalue weighted by Gasteiger charge is 2.33. The second-order valence-electron chi connectivity index (χ2n) is 2.58. The lowest BCUT2D eigenvalue weighted by molar-refractivity contribution is -0.138. The van der Waals surface area contributed by atoms with Crippen LogP contribution in [0.2, 0.25) is 5.02 Å². The molecule has 0 N–H and O–H groups in total. The molecular formula is C8H5ClF3I. The van der Waals surface area contributed by atoms with Crippen molar-refractivity contribution in [1.82, 2.24) is 0 Å². The van der Waals surface area contributed by atoms with Gasteiger partial charge in [-0.25, -0.2) is 0 Å². The molecule has 0 nitrogen and oxygen atoms in total. The molecule has 1 aromatic carbocycles. The molecule has 0 atom stereocenters. The normalized spacial score (nSPS) is 11.8. The quantitative estimate of drug-likeness (QED) is 0.626. The van der Waals surface area contributed by atoms with Gasteiger partial charge in [-0.1, -0.05) is 11.6 Å². The molecular weight excluding hydrogens is 315 g/mol. The summed E-state index contributed by atoms with van der Waals surface area (Å²) in [5.74, 6) is 0. The second-order valence-corrected chi connectivity index (χ2v) is 4.10. The molecule has 0 heterocycles. The Balaban J connectivity index is 3.37. The molecule has 0 aliphatic heterocycles. The van der Waals surface area contributed by atoms with Crippen LogP contribution < -0.4 is 0 Å². The number of hydrogen-bond acceptors (Lipinski definition) is 0. The van der Waals surface area contributed by atoms with Gasteiger partial charge in [0.1, 0.15) is 0 Å². The van der Waals surface area contributed by atoms with E-state index < -0.39 is 11.7 Å². The molecule has 5 heteroatoms. The van der Waals surface area contributed by atoms with Crippen molar-refractivity contribution in [3.8, 4) is 0 Å². The summed E-state index contributed by atoms with van der Waals surface area (Å²) in [6, 6.07) is 2.45. The van der Waals surface area contributed by atoms with E-state index in [1.165, 1.54) is 6.07 Å². The molecule has 0 unspecified atom stereocenters. The Labute approximate surface area is 92.2 Å². The van der Waals surface area contributed by atoms with Crippen molar-refractivity contribution in [2.24, 2.45) is 0 Å². The second kappa shape index (κ2) is 3.65. The lowest BCUT2D eigenvalue weighted by Gasteiger charge is -2.11. The number of alkyl halides is 3. The van der Waals surface area contributed by atoms with E-state index in [0.717, 1.165) is 6.07 Å². The molecule has 0 amide bonds. The summed E-state index contributed by atoms with van der Waals surface area (Å²) in [6.45, 7) is 1.60. The van der Waals surface area contributed by atoms with E-state index in [0.29, 0.717) is 5.56 Å². The standard InChI is InChI=1S/C8H5ClF3I/c1-4-2-5(9)3-6(7(4)13)8(10,11)12/h2-3H,1H3. The van der Waals surface area contributed by atoms with Gasteiger partial charge in [-0.05, 0) is 47.2 Å². The average molecular weight is 320 g/mol. The van der Waals surface area contributed by atoms with Crippen molar-refractivity contribution < 1.29 is 13.2 Å². The average Bonchev–Trinajstić information content (AvgIpc) is 1.94. The van der Waals surface area contributed by atoms with Gasteiger partial charge in [0.2, 0.25) is 0 Å². The van der Waals surface area contributed by atoms with Gasteiger partial charge in [0, 0.05) is 8.59 Å². The first kappa shape index (κ1) is 11.1. The molecule has 1 rings (SSSR count). The van der Waals surface area contributed by atoms with Crippen LogP contribution in [0.3, 0.4) is 0 Å². The number of hydrogen-bond donors (Lipinski definition) is 0. The van der Waals surface area contributed by atoms with Gasteiger partial charge in [0.25, 0.3) is 0 Å². The Morgan fingerprint density at radius 2 is 1.85 bits per heavy atom. The van der Waals surface area contributed by atoms with Crippen LogP contribution in [0.25, 0.3) is 0 Å². The Morgan fingerprint density at radius 3 is 2.31 bits per heavy atom. The van der Waals surface area contributed by atoms with Crippen LogP contribution in [0, 0.1) is 10.5 Å². The third kappa shape index (κ3) is 2.49. The van der Waals surface area contributed by atoms with Gasteiger partial charge in [0.15, 0.2) is 0 Å². The van der Waals surface area contributed by atoms with Crippen LogP contribution in [0.4, 0.5) is 13.2 Å². The smallest absolute Gasteiger partial charge is 0.166 e. The Morgan fingerprint density at radius 1 is 1.31 bits per heavy atom. The van der Waals surface area contributed by atoms with Crippen LogP contribution in [0.15, 0.2) is 12.1 Å². The zero-order valence-electron chi connectivity index (χ0n) is 6.54. The molecule has 1 aromatic rings. The molecule has 0 aromatic heterocycles. The highest BCUT2D eigenvalue weighted by atomic mass is 127. The van der Waals surface area contributed by atoms with Gasteiger partial charge in [-0.15, -0.1) is 0 Å². The van der Waals surface area contributed by atoms with E-state index in [1.807, 2.05) is 0 Å². The SMILES string of the molecule is Cc1cc(Cl)cc(C(F)(F)F)c1I. The molecule has 0 fully saturated rings. The van der Waals surface area contributed by atoms with E-state index in [4.69, 9.17) is 11.6 Å². The lowest BCUT2D eigenvalue weighted by Crippen LogP contribution is -2.08. The Bertz CT molecular complexity index is 333. The minimum atomic E-state index is -4.33. The maximum absolute atomic E-state index is 12.3. The van der Waals surface area contributed by atoms with Gasteiger partial charge in [-0.2, -0.15) is 13.2 Å². The predicted octanol–water partition coefficient (Wildman–Crippen LogP) is 4.27. The lowest BCUT2D eigenvalue weighted by atomic mass is 10.1. The number of halogens is 5. The van der Waals surface area contributed by atoms with Crippen LogP contribution in [0.1, 0.15) is 11.1 Å². The topological polar surface area (TPSA) is 0 Å². The predicted molar refractivity (Wildman–Crippen MR) is 53.9 cm³/mol. The van der Waals surface area contributed by atoms with Crippen molar-refractivity contribution in [2.45, 2.75) is 13.1 Å². The van der Waals surface area contributed by atoms with Crippen LogP contribution in [-0.2, 0) is 6.18 Å². The Kier molecular flexibility index (Phi) is 3.12. The molecule has 0 bridgehead atoms. The van der Waals surface area contributed by atoms with Crippen molar-refractivity contribution in [1.29, 1.82) is 0 Å². The molecule has 0 aliphatic rings. The molecule has 13 heavy (non-hydrogen) atoms. The minimum Gasteiger partial charge on any atom is -0.166 e. The van der Waals surface area contributed by atoms with Gasteiger partial charge < -0.3 is 0 Å². The van der Waals surface area contributed by atoms with E-state index in [2.05, 4.69) is 0 Å². The third-order valence-electron chi connectivity index (χ3n) is 1.52. The number of benzene rings is 1. The molecule has 0 aliphatic carbocycles. The van der Waals surface area contributed by atoms with E-state index in [-0.39, 0.29) is 8.59 Å². The van der Waals surface area contributed by atoms with Gasteiger partial charge >= 0.3 is 6.18 Å². The zero-order chi connectivity index (χ0) is 10.2. The van der Waals surface area contributed by atoms with Crippen molar-refractivity contribution in [2.75, 3.05) is 0 Å². The summed E-state index contributed by atoms with van der Waals surface area (Å²) >= 11 is 7.19. The maximum atomic E-state index is 12.3. The van der Waals surface area contributed by atoms with Crippen LogP contribution >= 0.6 is 34.2 Å². The summed E-state index contributed by atoms with van der Waals surface area (Å²) < 4.78 is 37.2. The van der Waals surface area contributed by atoms with Crippen molar-refractivity contribution in [3.63, 3.8) is 0 Å². The summed E-state index contributed by atoms with van der Waals surface area (Å²) in [6.07, 6.45) is -4.33. The first-order valence-electron chi connectivity index (χ1n) is 3.35. The molecule has 0 spiro atoms. The fourth-order valence-electron chi connectivity index (χ4n) is 0.932. The van der Waals surface area contributed by atoms with E-state index in [9.17, 15) is 13.2 Å². The van der Waals surface area contributed by atoms with E-state index >= 15 is 0 Å². The zero-order valence-corrected chi connectivity index (χ0v) is 9.46. The Hall–Kier alpha value is 0.0300. The monoisotopic (exact) mass is 320 g/mol. The van der Waals surface area contributed by atoms with E-state index in [1.54, 1.807) is 29.5 Å². The summed E-state index contributed by atoms with van der Waals surface area (Å²) in [4.78, 5) is 0. The fourth-order valence-corrected chi connectivity index (χ4v) is 1.82. The summed E-state index contributed by atoms with van der Waals surface area (Å²) in [5, 5.41) is 0.116. The maximum Gasteiger partial charge on any atom is 0.417 e. The number of rotatable bonds is 0. The molecule has 0 saturated heterocycles. The fraction of sp³-hybridized carbons (Fsp3) is 0.250. The number of aryl methyl sites for hydroxylation is 1. The van der Waals surface area contributed by atoms with Crippen molar-refractivity contribution in [3.05, 3.63) is 31.9 Å². The minimum absolute atomic E-state index is 0.116. The van der Waals surface area contributed by atoms with Gasteiger partial charge in [-0.3, -0.25) is 0 Å². The van der Waals surface area contributed by atoms with Crippen molar-refractivity contribution >= 4 is 34.2 Å². The van der Waals surface area contributed by atoms with Gasteiger partial charge in [0.05, 0.1) is 5.56 Å². The van der Waals surface area contributed by atoms with Crippen LogP contribution in [0.5, 0.6) is 0 Å². The first-order valence-corrected chi connectivity index (χ1v) is 4.81. The molecule has 0 saturated carbocycles. The summed E-state index contributed by atoms with van der Waals surface area (Å²) in [5.41, 5.74) is -0.126. The molecule has 72 valence electrons. The largest absolute Gasteiger partial charge is 0.417 e. The van der Waals surface area contributed by atoms with Crippen LogP contribution in [-0.4, -0.2) is 0 Å². The third-order valence-corrected chi connectivity index (χ3v) is 3.17. The highest BCUT2D eigenvalue weighted by Crippen LogP contribution is 2.35. The highest BCUT2D eigenvalue weighted by molar-refractivity contribution is 14.1.